The van der Waals surface area contributed by atoms with Crippen molar-refractivity contribution in [3.05, 3.63) is 63.5 Å². The molecule has 0 saturated carbocycles. The number of rotatable bonds is 2. The minimum atomic E-state index is -5.25. The van der Waals surface area contributed by atoms with E-state index in [0.29, 0.717) is 23.0 Å². The molecule has 150 valence electrons. The third-order valence-electron chi connectivity index (χ3n) is 4.49. The van der Waals surface area contributed by atoms with Crippen LogP contribution in [-0.4, -0.2) is 22.5 Å². The molecule has 0 aliphatic carbocycles. The Balaban J connectivity index is 2.35. The second-order valence-electron chi connectivity index (χ2n) is 6.16. The van der Waals surface area contributed by atoms with E-state index in [9.17, 15) is 31.6 Å². The monoisotopic (exact) mass is 411 g/mol. The van der Waals surface area contributed by atoms with Crippen LogP contribution in [0.5, 0.6) is 0 Å². The smallest absolute Gasteiger partial charge is 0.357 e. The van der Waals surface area contributed by atoms with E-state index in [1.54, 1.807) is 6.92 Å². The number of nitriles is 1. The zero-order chi connectivity index (χ0) is 21.6. The summed E-state index contributed by atoms with van der Waals surface area (Å²) >= 11 is 0. The largest absolute Gasteiger partial charge is 0.432 e. The molecule has 11 heteroatoms. The molecule has 0 spiro atoms. The van der Waals surface area contributed by atoms with E-state index in [4.69, 9.17) is 6.57 Å². The number of benzene rings is 1. The number of allylic oxidation sites excluding steroid dienone is 3. The highest BCUT2D eigenvalue weighted by molar-refractivity contribution is 5.82. The fourth-order valence-electron chi connectivity index (χ4n) is 3.22. The molecule has 2 heterocycles. The molecule has 0 fully saturated rings. The standard InChI is InChI=1S/C18H11F6N5/c1-3-11-9-6-8(4-5-12(9)29-28-11)13-10(7-25)15(17(19,20)21)27-16(14(13)26-2)18(22,23)24/h4-6,13,27H,3H2,1H3,(H,28,29). The molecule has 2 N–H and O–H groups in total. The molecule has 0 radical (unpaired) electrons. The lowest BCUT2D eigenvalue weighted by molar-refractivity contribution is -0.112. The van der Waals surface area contributed by atoms with Crippen molar-refractivity contribution in [2.24, 2.45) is 0 Å². The number of aromatic amines is 1. The maximum Gasteiger partial charge on any atom is 0.432 e. The molecule has 1 unspecified atom stereocenters. The number of fused-ring (bicyclic) bond motifs is 1. The van der Waals surface area contributed by atoms with E-state index >= 15 is 0 Å². The van der Waals surface area contributed by atoms with Crippen molar-refractivity contribution < 1.29 is 26.3 Å². The number of alkyl halides is 6. The average molecular weight is 411 g/mol. The normalized spacial score (nSPS) is 17.9. The Morgan fingerprint density at radius 3 is 2.34 bits per heavy atom. The number of nitrogens with zero attached hydrogens (tertiary/aromatic N) is 3. The van der Waals surface area contributed by atoms with E-state index in [1.165, 1.54) is 29.6 Å². The van der Waals surface area contributed by atoms with E-state index in [0.717, 1.165) is 0 Å². The van der Waals surface area contributed by atoms with Crippen LogP contribution in [0.1, 0.15) is 24.1 Å². The van der Waals surface area contributed by atoms with Crippen LogP contribution in [0.4, 0.5) is 26.3 Å². The summed E-state index contributed by atoms with van der Waals surface area (Å²) in [7, 11) is 0. The summed E-state index contributed by atoms with van der Waals surface area (Å²) in [5, 5.41) is 17.9. The third kappa shape index (κ3) is 3.40. The maximum atomic E-state index is 13.4. The van der Waals surface area contributed by atoms with Crippen molar-refractivity contribution in [1.29, 1.82) is 5.26 Å². The summed E-state index contributed by atoms with van der Waals surface area (Å²) in [4.78, 5) is 2.85. The number of H-pyrrole nitrogens is 1. The Morgan fingerprint density at radius 2 is 1.83 bits per heavy atom. The van der Waals surface area contributed by atoms with E-state index in [1.807, 2.05) is 0 Å². The number of halogens is 6. The molecule has 1 aromatic carbocycles. The van der Waals surface area contributed by atoms with Crippen LogP contribution in [0.15, 0.2) is 40.9 Å². The highest BCUT2D eigenvalue weighted by Crippen LogP contribution is 2.46. The molecule has 1 aliphatic rings. The summed E-state index contributed by atoms with van der Waals surface area (Å²) in [6.45, 7) is 8.97. The summed E-state index contributed by atoms with van der Waals surface area (Å²) < 4.78 is 80.6. The topological polar surface area (TPSA) is 68.9 Å². The predicted molar refractivity (Wildman–Crippen MR) is 89.7 cm³/mol. The lowest BCUT2D eigenvalue weighted by Gasteiger charge is -2.30. The zero-order valence-corrected chi connectivity index (χ0v) is 14.6. The van der Waals surface area contributed by atoms with Gasteiger partial charge in [0.15, 0.2) is 0 Å². The van der Waals surface area contributed by atoms with Crippen LogP contribution < -0.4 is 5.32 Å². The SMILES string of the molecule is [C-]#[N+]C1=C(C(F)(F)F)NC(C(F)(F)F)=C(C#N)C1c1ccc2n[nH]c(CC)c2c1. The zero-order valence-electron chi connectivity index (χ0n) is 14.6. The number of hydrogen-bond donors (Lipinski definition) is 2. The molecule has 29 heavy (non-hydrogen) atoms. The number of aryl methyl sites for hydroxylation is 1. The average Bonchev–Trinajstić information content (AvgIpc) is 3.06. The van der Waals surface area contributed by atoms with Gasteiger partial charge >= 0.3 is 12.4 Å². The molecular weight excluding hydrogens is 400 g/mol. The maximum absolute atomic E-state index is 13.4. The van der Waals surface area contributed by atoms with Crippen LogP contribution in [0.2, 0.25) is 0 Å². The summed E-state index contributed by atoms with van der Waals surface area (Å²) in [5.41, 5.74) is -4.64. The van der Waals surface area contributed by atoms with Crippen LogP contribution in [-0.2, 0) is 6.42 Å². The van der Waals surface area contributed by atoms with Crippen molar-refractivity contribution in [2.45, 2.75) is 31.6 Å². The van der Waals surface area contributed by atoms with Crippen molar-refractivity contribution in [3.63, 3.8) is 0 Å². The molecular formula is C18H11F6N5. The quantitative estimate of drug-likeness (QED) is 0.549. The number of nitrogens with one attached hydrogen (secondary N) is 2. The molecule has 0 saturated heterocycles. The van der Waals surface area contributed by atoms with E-state index in [-0.39, 0.29) is 5.56 Å². The summed E-state index contributed by atoms with van der Waals surface area (Å²) in [5.74, 6) is -1.82. The second kappa shape index (κ2) is 6.85. The van der Waals surface area contributed by atoms with Gasteiger partial charge in [-0.2, -0.15) is 36.7 Å². The molecule has 1 atom stereocenters. The number of aromatic nitrogens is 2. The number of hydrogen-bond acceptors (Lipinski definition) is 3. The first-order valence-electron chi connectivity index (χ1n) is 8.17. The van der Waals surface area contributed by atoms with Crippen molar-refractivity contribution in [1.82, 2.24) is 15.5 Å². The highest BCUT2D eigenvalue weighted by atomic mass is 19.4. The van der Waals surface area contributed by atoms with Gasteiger partial charge in [0.05, 0.1) is 29.6 Å². The molecule has 1 aromatic heterocycles. The van der Waals surface area contributed by atoms with Gasteiger partial charge in [-0.05, 0) is 24.1 Å². The Morgan fingerprint density at radius 1 is 1.17 bits per heavy atom. The van der Waals surface area contributed by atoms with Gasteiger partial charge in [0, 0.05) is 11.1 Å². The van der Waals surface area contributed by atoms with Gasteiger partial charge in [0.2, 0.25) is 5.70 Å². The lowest BCUT2D eigenvalue weighted by atomic mass is 9.83. The first-order chi connectivity index (χ1) is 13.5. The van der Waals surface area contributed by atoms with Gasteiger partial charge in [-0.3, -0.25) is 5.10 Å². The van der Waals surface area contributed by atoms with Crippen molar-refractivity contribution in [2.75, 3.05) is 0 Å². The van der Waals surface area contributed by atoms with Crippen LogP contribution in [0.3, 0.4) is 0 Å². The Kier molecular flexibility index (Phi) is 4.79. The fourth-order valence-corrected chi connectivity index (χ4v) is 3.22. The summed E-state index contributed by atoms with van der Waals surface area (Å²) in [6.07, 6.45) is -10.0. The van der Waals surface area contributed by atoms with Gasteiger partial charge in [-0.1, -0.05) is 13.0 Å². The summed E-state index contributed by atoms with van der Waals surface area (Å²) in [6, 6.07) is 5.39. The Bertz CT molecular complexity index is 1070. The molecule has 3 rings (SSSR count). The van der Waals surface area contributed by atoms with Crippen LogP contribution in [0, 0.1) is 17.9 Å². The minimum Gasteiger partial charge on any atom is -0.357 e. The van der Waals surface area contributed by atoms with Gasteiger partial charge in [-0.15, -0.1) is 0 Å². The molecule has 0 amide bonds. The van der Waals surface area contributed by atoms with Crippen molar-refractivity contribution in [3.8, 4) is 6.07 Å². The molecule has 1 aliphatic heterocycles. The number of dihydropyridines is 1. The second-order valence-corrected chi connectivity index (χ2v) is 6.16. The first-order valence-corrected chi connectivity index (χ1v) is 8.17. The van der Waals surface area contributed by atoms with Gasteiger partial charge < -0.3 is 5.32 Å². The van der Waals surface area contributed by atoms with Crippen LogP contribution in [0.25, 0.3) is 15.7 Å². The molecule has 0 bridgehead atoms. The minimum absolute atomic E-state index is 0.0406. The van der Waals surface area contributed by atoms with Crippen molar-refractivity contribution >= 4 is 10.9 Å². The predicted octanol–water partition coefficient (Wildman–Crippen LogP) is 4.85. The fraction of sp³-hybridized carbons (Fsp3) is 0.278. The molecule has 2 aromatic rings. The van der Waals surface area contributed by atoms with Crippen LogP contribution >= 0.6 is 0 Å². The first kappa shape index (κ1) is 20.3. The van der Waals surface area contributed by atoms with Gasteiger partial charge in [0.25, 0.3) is 0 Å². The highest BCUT2D eigenvalue weighted by Gasteiger charge is 2.50. The lowest BCUT2D eigenvalue weighted by Crippen LogP contribution is -2.38. The Labute approximate surface area is 160 Å². The third-order valence-corrected chi connectivity index (χ3v) is 4.49. The molecule has 5 nitrogen and oxygen atoms in total. The Hall–Kier alpha value is -3.47. The van der Waals surface area contributed by atoms with Gasteiger partial charge in [0.1, 0.15) is 11.4 Å². The van der Waals surface area contributed by atoms with E-state index in [2.05, 4.69) is 15.0 Å². The van der Waals surface area contributed by atoms with Gasteiger partial charge in [-0.25, -0.2) is 4.85 Å². The van der Waals surface area contributed by atoms with E-state index < -0.39 is 40.9 Å².